The van der Waals surface area contributed by atoms with Gasteiger partial charge in [0.15, 0.2) is 0 Å². The molecule has 1 aromatic carbocycles. The second-order valence-corrected chi connectivity index (χ2v) is 3.40. The van der Waals surface area contributed by atoms with E-state index in [1.807, 2.05) is 22.9 Å². The van der Waals surface area contributed by atoms with E-state index in [0.717, 1.165) is 5.56 Å². The molecule has 74 valence electrons. The molecule has 0 bridgehead atoms. The van der Waals surface area contributed by atoms with Gasteiger partial charge in [0.25, 0.3) is 0 Å². The zero-order valence-corrected chi connectivity index (χ0v) is 8.64. The summed E-state index contributed by atoms with van der Waals surface area (Å²) in [6.07, 6.45) is 5.43. The summed E-state index contributed by atoms with van der Waals surface area (Å²) >= 11 is 0. The molecule has 2 rings (SSSR count). The SMILES string of the molecule is Cc1ccc(C#CCn2ccnc2)cc1. The van der Waals surface area contributed by atoms with Crippen molar-refractivity contribution in [2.75, 3.05) is 0 Å². The fourth-order valence-corrected chi connectivity index (χ4v) is 1.25. The van der Waals surface area contributed by atoms with Gasteiger partial charge in [0, 0.05) is 18.0 Å². The fraction of sp³-hybridized carbons (Fsp3) is 0.154. The van der Waals surface area contributed by atoms with Crippen LogP contribution in [0.1, 0.15) is 11.1 Å². The van der Waals surface area contributed by atoms with Gasteiger partial charge < -0.3 is 4.57 Å². The predicted octanol–water partition coefficient (Wildman–Crippen LogP) is 2.24. The first-order valence-electron chi connectivity index (χ1n) is 4.86. The summed E-state index contributed by atoms with van der Waals surface area (Å²) in [6.45, 7) is 2.76. The van der Waals surface area contributed by atoms with Crippen molar-refractivity contribution >= 4 is 0 Å². The maximum absolute atomic E-state index is 3.95. The average Bonchev–Trinajstić information content (AvgIpc) is 2.74. The summed E-state index contributed by atoms with van der Waals surface area (Å²) in [6, 6.07) is 8.22. The maximum atomic E-state index is 3.95. The molecule has 0 amide bonds. The van der Waals surface area contributed by atoms with Crippen LogP contribution in [0, 0.1) is 18.8 Å². The molecule has 0 atom stereocenters. The van der Waals surface area contributed by atoms with E-state index in [0.29, 0.717) is 6.54 Å². The minimum Gasteiger partial charge on any atom is -0.326 e. The van der Waals surface area contributed by atoms with Crippen molar-refractivity contribution in [3.8, 4) is 11.8 Å². The Morgan fingerprint density at radius 3 is 2.73 bits per heavy atom. The van der Waals surface area contributed by atoms with Crippen LogP contribution in [0.3, 0.4) is 0 Å². The molecule has 0 unspecified atom stereocenters. The van der Waals surface area contributed by atoms with E-state index < -0.39 is 0 Å². The molecular weight excluding hydrogens is 184 g/mol. The van der Waals surface area contributed by atoms with Crippen LogP contribution in [0.5, 0.6) is 0 Å². The third-order valence-electron chi connectivity index (χ3n) is 2.11. The molecule has 2 nitrogen and oxygen atoms in total. The molecule has 0 radical (unpaired) electrons. The number of hydrogen-bond acceptors (Lipinski definition) is 1. The zero-order chi connectivity index (χ0) is 10.5. The second kappa shape index (κ2) is 4.47. The fourth-order valence-electron chi connectivity index (χ4n) is 1.25. The normalized spacial score (nSPS) is 9.40. The first kappa shape index (κ1) is 9.54. The van der Waals surface area contributed by atoms with Crippen LogP contribution in [-0.2, 0) is 6.54 Å². The molecule has 1 heterocycles. The number of hydrogen-bond donors (Lipinski definition) is 0. The van der Waals surface area contributed by atoms with Crippen LogP contribution >= 0.6 is 0 Å². The Bertz CT molecular complexity index is 469. The molecule has 0 aliphatic rings. The van der Waals surface area contributed by atoms with Gasteiger partial charge in [0.2, 0.25) is 0 Å². The van der Waals surface area contributed by atoms with Crippen molar-refractivity contribution < 1.29 is 0 Å². The Hall–Kier alpha value is -2.01. The largest absolute Gasteiger partial charge is 0.326 e. The van der Waals surface area contributed by atoms with Gasteiger partial charge in [-0.25, -0.2) is 4.98 Å². The van der Waals surface area contributed by atoms with Gasteiger partial charge in [0.05, 0.1) is 12.9 Å². The highest BCUT2D eigenvalue weighted by Crippen LogP contribution is 2.00. The molecule has 1 aromatic heterocycles. The van der Waals surface area contributed by atoms with Crippen molar-refractivity contribution in [2.45, 2.75) is 13.5 Å². The van der Waals surface area contributed by atoms with Crippen LogP contribution < -0.4 is 0 Å². The molecule has 0 saturated carbocycles. The first-order valence-corrected chi connectivity index (χ1v) is 4.86. The predicted molar refractivity (Wildman–Crippen MR) is 60.3 cm³/mol. The highest BCUT2D eigenvalue weighted by atomic mass is 15.0. The third-order valence-corrected chi connectivity index (χ3v) is 2.11. The summed E-state index contributed by atoms with van der Waals surface area (Å²) in [5, 5.41) is 0. The average molecular weight is 196 g/mol. The Balaban J connectivity index is 2.03. The second-order valence-electron chi connectivity index (χ2n) is 3.40. The summed E-state index contributed by atoms with van der Waals surface area (Å²) in [5.41, 5.74) is 2.32. The molecule has 0 fully saturated rings. The van der Waals surface area contributed by atoms with E-state index in [1.54, 1.807) is 12.5 Å². The van der Waals surface area contributed by atoms with Gasteiger partial charge in [-0.1, -0.05) is 29.5 Å². The lowest BCUT2D eigenvalue weighted by Gasteiger charge is -1.93. The Morgan fingerprint density at radius 2 is 2.07 bits per heavy atom. The highest BCUT2D eigenvalue weighted by molar-refractivity contribution is 5.35. The molecule has 0 spiro atoms. The smallest absolute Gasteiger partial charge is 0.0954 e. The summed E-state index contributed by atoms with van der Waals surface area (Å²) < 4.78 is 1.95. The van der Waals surface area contributed by atoms with Crippen LogP contribution in [0.15, 0.2) is 43.0 Å². The van der Waals surface area contributed by atoms with Crippen molar-refractivity contribution in [3.05, 3.63) is 54.1 Å². The maximum Gasteiger partial charge on any atom is 0.0954 e. The molecule has 0 aliphatic carbocycles. The third kappa shape index (κ3) is 2.72. The minimum atomic E-state index is 0.688. The Morgan fingerprint density at radius 1 is 1.27 bits per heavy atom. The molecule has 0 saturated heterocycles. The lowest BCUT2D eigenvalue weighted by molar-refractivity contribution is 0.840. The monoisotopic (exact) mass is 196 g/mol. The van der Waals surface area contributed by atoms with E-state index in [4.69, 9.17) is 0 Å². The lowest BCUT2D eigenvalue weighted by Crippen LogP contribution is -1.90. The van der Waals surface area contributed by atoms with E-state index in [9.17, 15) is 0 Å². The molecule has 2 heteroatoms. The van der Waals surface area contributed by atoms with E-state index in [2.05, 4.69) is 35.9 Å². The first-order chi connectivity index (χ1) is 7.34. The van der Waals surface area contributed by atoms with Crippen molar-refractivity contribution in [1.29, 1.82) is 0 Å². The van der Waals surface area contributed by atoms with Crippen LogP contribution in [0.4, 0.5) is 0 Å². The van der Waals surface area contributed by atoms with Crippen LogP contribution in [-0.4, -0.2) is 9.55 Å². The van der Waals surface area contributed by atoms with Gasteiger partial charge >= 0.3 is 0 Å². The number of aryl methyl sites for hydroxylation is 1. The molecule has 0 N–H and O–H groups in total. The summed E-state index contributed by atoms with van der Waals surface area (Å²) in [7, 11) is 0. The highest BCUT2D eigenvalue weighted by Gasteiger charge is 1.86. The molecular formula is C13H12N2. The quantitative estimate of drug-likeness (QED) is 0.640. The number of benzene rings is 1. The van der Waals surface area contributed by atoms with E-state index >= 15 is 0 Å². The van der Waals surface area contributed by atoms with Crippen LogP contribution in [0.2, 0.25) is 0 Å². The van der Waals surface area contributed by atoms with Crippen molar-refractivity contribution in [1.82, 2.24) is 9.55 Å². The van der Waals surface area contributed by atoms with Gasteiger partial charge in [-0.3, -0.25) is 0 Å². The van der Waals surface area contributed by atoms with Gasteiger partial charge in [-0.05, 0) is 19.1 Å². The molecule has 15 heavy (non-hydrogen) atoms. The lowest BCUT2D eigenvalue weighted by atomic mass is 10.2. The number of aromatic nitrogens is 2. The van der Waals surface area contributed by atoms with E-state index in [1.165, 1.54) is 5.56 Å². The zero-order valence-electron chi connectivity index (χ0n) is 8.64. The topological polar surface area (TPSA) is 17.8 Å². The number of imidazole rings is 1. The van der Waals surface area contributed by atoms with Crippen LogP contribution in [0.25, 0.3) is 0 Å². The molecule has 0 aliphatic heterocycles. The standard InChI is InChI=1S/C13H12N2/c1-12-4-6-13(7-5-12)3-2-9-15-10-8-14-11-15/h4-8,10-11H,9H2,1H3. The summed E-state index contributed by atoms with van der Waals surface area (Å²) in [5.74, 6) is 6.21. The Labute approximate surface area is 89.6 Å². The van der Waals surface area contributed by atoms with Gasteiger partial charge in [-0.15, -0.1) is 0 Å². The van der Waals surface area contributed by atoms with Gasteiger partial charge in [0.1, 0.15) is 0 Å². The number of rotatable bonds is 1. The van der Waals surface area contributed by atoms with Crippen molar-refractivity contribution in [2.24, 2.45) is 0 Å². The number of nitrogens with zero attached hydrogens (tertiary/aromatic N) is 2. The van der Waals surface area contributed by atoms with Gasteiger partial charge in [-0.2, -0.15) is 0 Å². The summed E-state index contributed by atoms with van der Waals surface area (Å²) in [4.78, 5) is 3.95. The molecule has 2 aromatic rings. The minimum absolute atomic E-state index is 0.688. The Kier molecular flexibility index (Phi) is 2.85. The van der Waals surface area contributed by atoms with E-state index in [-0.39, 0.29) is 0 Å². The van der Waals surface area contributed by atoms with Crippen molar-refractivity contribution in [3.63, 3.8) is 0 Å².